The van der Waals surface area contributed by atoms with Gasteiger partial charge in [0.15, 0.2) is 5.82 Å². The van der Waals surface area contributed by atoms with Crippen molar-refractivity contribution in [3.8, 4) is 17.1 Å². The molecule has 0 N–H and O–H groups in total. The summed E-state index contributed by atoms with van der Waals surface area (Å²) in [6, 6.07) is 9.30. The zero-order chi connectivity index (χ0) is 18.1. The number of fused-ring (bicyclic) bond motifs is 3. The van der Waals surface area contributed by atoms with E-state index in [0.29, 0.717) is 35.7 Å². The summed E-state index contributed by atoms with van der Waals surface area (Å²) in [4.78, 5) is 21.4. The number of hydrogen-bond acceptors (Lipinski definition) is 6. The topological polar surface area (TPSA) is 83.5 Å². The first-order valence-electron chi connectivity index (χ1n) is 8.09. The molecule has 26 heavy (non-hydrogen) atoms. The Hall–Kier alpha value is -3.26. The van der Waals surface area contributed by atoms with Crippen LogP contribution in [0.2, 0.25) is 0 Å². The van der Waals surface area contributed by atoms with Gasteiger partial charge < -0.3 is 14.0 Å². The largest absolute Gasteiger partial charge is 0.497 e. The number of aromatic nitrogens is 5. The van der Waals surface area contributed by atoms with Crippen molar-refractivity contribution in [1.82, 2.24) is 24.1 Å². The lowest BCUT2D eigenvalue weighted by atomic mass is 10.2. The van der Waals surface area contributed by atoms with Crippen molar-refractivity contribution in [2.75, 3.05) is 20.8 Å². The monoisotopic (exact) mass is 351 g/mol. The maximum absolute atomic E-state index is 12.6. The molecule has 0 atom stereocenters. The summed E-state index contributed by atoms with van der Waals surface area (Å²) in [6.07, 6.45) is 3.28. The first-order valence-corrected chi connectivity index (χ1v) is 8.09. The van der Waals surface area contributed by atoms with Crippen LogP contribution in [-0.4, -0.2) is 45.0 Å². The number of ether oxygens (including phenoxy) is 2. The van der Waals surface area contributed by atoms with Gasteiger partial charge in [-0.2, -0.15) is 9.50 Å². The summed E-state index contributed by atoms with van der Waals surface area (Å²) >= 11 is 0. The van der Waals surface area contributed by atoms with Gasteiger partial charge in [0, 0.05) is 31.6 Å². The van der Waals surface area contributed by atoms with Crippen LogP contribution in [0.4, 0.5) is 0 Å². The van der Waals surface area contributed by atoms with Crippen molar-refractivity contribution < 1.29 is 9.47 Å². The van der Waals surface area contributed by atoms with Gasteiger partial charge in [0.25, 0.3) is 11.3 Å². The molecule has 0 saturated heterocycles. The second-order valence-electron chi connectivity index (χ2n) is 5.74. The Labute approximate surface area is 148 Å². The minimum absolute atomic E-state index is 0.129. The molecule has 1 aromatic carbocycles. The SMILES string of the molecule is COCCn1ccc2c(cnc3nc(-c4ccc(OC)cc4)nn32)c1=O. The van der Waals surface area contributed by atoms with Crippen molar-refractivity contribution >= 4 is 16.7 Å². The maximum Gasteiger partial charge on any atom is 0.261 e. The molecular weight excluding hydrogens is 334 g/mol. The van der Waals surface area contributed by atoms with Crippen molar-refractivity contribution in [1.29, 1.82) is 0 Å². The summed E-state index contributed by atoms with van der Waals surface area (Å²) in [6.45, 7) is 0.948. The molecule has 4 aromatic rings. The van der Waals surface area contributed by atoms with Crippen LogP contribution in [0.3, 0.4) is 0 Å². The van der Waals surface area contributed by atoms with E-state index >= 15 is 0 Å². The van der Waals surface area contributed by atoms with Gasteiger partial charge in [0.2, 0.25) is 0 Å². The van der Waals surface area contributed by atoms with Gasteiger partial charge in [0.05, 0.1) is 24.6 Å². The van der Waals surface area contributed by atoms with E-state index in [0.717, 1.165) is 11.3 Å². The summed E-state index contributed by atoms with van der Waals surface area (Å²) in [5.74, 6) is 1.74. The highest BCUT2D eigenvalue weighted by atomic mass is 16.5. The van der Waals surface area contributed by atoms with Crippen molar-refractivity contribution in [2.24, 2.45) is 0 Å². The van der Waals surface area contributed by atoms with Gasteiger partial charge in [-0.05, 0) is 30.3 Å². The fourth-order valence-corrected chi connectivity index (χ4v) is 2.79. The average molecular weight is 351 g/mol. The lowest BCUT2D eigenvalue weighted by Crippen LogP contribution is -2.22. The Kier molecular flexibility index (Phi) is 4.10. The van der Waals surface area contributed by atoms with Crippen LogP contribution >= 0.6 is 0 Å². The average Bonchev–Trinajstić information content (AvgIpc) is 3.12. The van der Waals surface area contributed by atoms with Crippen molar-refractivity contribution in [2.45, 2.75) is 6.54 Å². The van der Waals surface area contributed by atoms with E-state index in [1.165, 1.54) is 0 Å². The van der Waals surface area contributed by atoms with E-state index in [9.17, 15) is 4.79 Å². The molecular formula is C18H17N5O3. The van der Waals surface area contributed by atoms with Crippen LogP contribution in [0.1, 0.15) is 0 Å². The molecule has 132 valence electrons. The molecule has 0 bridgehead atoms. The van der Waals surface area contributed by atoms with Crippen LogP contribution in [0.15, 0.2) is 47.5 Å². The predicted octanol–water partition coefficient (Wildman–Crippen LogP) is 1.76. The molecule has 0 spiro atoms. The van der Waals surface area contributed by atoms with E-state index in [1.807, 2.05) is 30.3 Å². The molecule has 0 unspecified atom stereocenters. The molecule has 0 aliphatic rings. The molecule has 0 amide bonds. The maximum atomic E-state index is 12.6. The number of benzene rings is 1. The number of methoxy groups -OCH3 is 2. The van der Waals surface area contributed by atoms with E-state index < -0.39 is 0 Å². The second kappa shape index (κ2) is 6.57. The highest BCUT2D eigenvalue weighted by molar-refractivity contribution is 5.79. The van der Waals surface area contributed by atoms with Crippen LogP contribution in [0, 0.1) is 0 Å². The number of pyridine rings is 1. The van der Waals surface area contributed by atoms with E-state index in [2.05, 4.69) is 15.1 Å². The highest BCUT2D eigenvalue weighted by Crippen LogP contribution is 2.20. The molecule has 4 rings (SSSR count). The van der Waals surface area contributed by atoms with Gasteiger partial charge in [-0.15, -0.1) is 5.10 Å². The first-order chi connectivity index (χ1) is 12.7. The van der Waals surface area contributed by atoms with Gasteiger partial charge in [-0.1, -0.05) is 0 Å². The summed E-state index contributed by atoms with van der Waals surface area (Å²) in [5.41, 5.74) is 1.38. The standard InChI is InChI=1S/C18H17N5O3/c1-25-10-9-22-8-7-15-14(17(22)24)11-19-18-20-16(21-23(15)18)12-3-5-13(26-2)6-4-12/h3-8,11H,9-10H2,1-2H3. The van der Waals surface area contributed by atoms with Crippen LogP contribution in [-0.2, 0) is 11.3 Å². The smallest absolute Gasteiger partial charge is 0.261 e. The van der Waals surface area contributed by atoms with E-state index in [4.69, 9.17) is 9.47 Å². The van der Waals surface area contributed by atoms with Crippen LogP contribution < -0.4 is 10.3 Å². The Bertz CT molecular complexity index is 1130. The molecule has 0 aliphatic carbocycles. The molecule has 0 aliphatic heterocycles. The number of nitrogens with zero attached hydrogens (tertiary/aromatic N) is 5. The van der Waals surface area contributed by atoms with Gasteiger partial charge in [-0.3, -0.25) is 4.79 Å². The third-order valence-corrected chi connectivity index (χ3v) is 4.19. The predicted molar refractivity (Wildman–Crippen MR) is 96.4 cm³/mol. The summed E-state index contributed by atoms with van der Waals surface area (Å²) in [5, 5.41) is 5.02. The van der Waals surface area contributed by atoms with Gasteiger partial charge >= 0.3 is 0 Å². The Morgan fingerprint density at radius 2 is 1.92 bits per heavy atom. The normalized spacial score (nSPS) is 11.3. The van der Waals surface area contributed by atoms with Crippen molar-refractivity contribution in [3.05, 3.63) is 53.1 Å². The Morgan fingerprint density at radius 1 is 1.12 bits per heavy atom. The van der Waals surface area contributed by atoms with Gasteiger partial charge in [0.1, 0.15) is 5.75 Å². The van der Waals surface area contributed by atoms with E-state index in [1.54, 1.807) is 35.7 Å². The first kappa shape index (κ1) is 16.2. The molecule has 0 fully saturated rings. The third kappa shape index (κ3) is 2.70. The Balaban J connectivity index is 1.83. The Morgan fingerprint density at radius 3 is 2.65 bits per heavy atom. The quantitative estimate of drug-likeness (QED) is 0.545. The zero-order valence-corrected chi connectivity index (χ0v) is 14.4. The van der Waals surface area contributed by atoms with Crippen LogP contribution in [0.5, 0.6) is 5.75 Å². The van der Waals surface area contributed by atoms with Crippen molar-refractivity contribution in [3.63, 3.8) is 0 Å². The fraction of sp³-hybridized carbons (Fsp3) is 0.222. The molecule has 0 saturated carbocycles. The minimum atomic E-state index is -0.129. The molecule has 8 heteroatoms. The van der Waals surface area contributed by atoms with Gasteiger partial charge in [-0.25, -0.2) is 4.98 Å². The molecule has 8 nitrogen and oxygen atoms in total. The molecule has 3 aromatic heterocycles. The van der Waals surface area contributed by atoms with E-state index in [-0.39, 0.29) is 5.56 Å². The third-order valence-electron chi connectivity index (χ3n) is 4.19. The summed E-state index contributed by atoms with van der Waals surface area (Å²) < 4.78 is 13.4. The lowest BCUT2D eigenvalue weighted by Gasteiger charge is -2.06. The lowest BCUT2D eigenvalue weighted by molar-refractivity contribution is 0.186. The van der Waals surface area contributed by atoms with Crippen LogP contribution in [0.25, 0.3) is 28.1 Å². The minimum Gasteiger partial charge on any atom is -0.497 e. The fourth-order valence-electron chi connectivity index (χ4n) is 2.79. The zero-order valence-electron chi connectivity index (χ0n) is 14.4. The number of hydrogen-bond donors (Lipinski definition) is 0. The number of rotatable bonds is 5. The summed E-state index contributed by atoms with van der Waals surface area (Å²) in [7, 11) is 3.22. The highest BCUT2D eigenvalue weighted by Gasteiger charge is 2.12. The molecule has 0 radical (unpaired) electrons. The second-order valence-corrected chi connectivity index (χ2v) is 5.74. The molecule has 3 heterocycles.